The summed E-state index contributed by atoms with van der Waals surface area (Å²) in [5.41, 5.74) is 0.852. The number of thioether (sulfide) groups is 1. The van der Waals surface area contributed by atoms with E-state index in [2.05, 4.69) is 10.6 Å². The molecule has 0 atom stereocenters. The minimum Gasteiger partial charge on any atom is -0.508 e. The lowest BCUT2D eigenvalue weighted by Gasteiger charge is -2.12. The molecule has 3 N–H and O–H groups in total. The maximum absolute atomic E-state index is 12.0. The maximum atomic E-state index is 12.0. The Labute approximate surface area is 154 Å². The van der Waals surface area contributed by atoms with Gasteiger partial charge in [0.1, 0.15) is 17.4 Å². The summed E-state index contributed by atoms with van der Waals surface area (Å²) in [5.74, 6) is -0.419. The Kier molecular flexibility index (Phi) is 7.05. The number of carbonyl (C=O) groups excluding carboxylic acids is 3. The van der Waals surface area contributed by atoms with E-state index in [1.807, 2.05) is 0 Å². The Morgan fingerprint density at radius 1 is 1.31 bits per heavy atom. The highest BCUT2D eigenvalue weighted by atomic mass is 32.2. The van der Waals surface area contributed by atoms with Gasteiger partial charge in [-0.25, -0.2) is 0 Å². The van der Waals surface area contributed by atoms with Gasteiger partial charge in [-0.15, -0.1) is 0 Å². The van der Waals surface area contributed by atoms with Crippen LogP contribution >= 0.6 is 11.8 Å². The number of carbonyl (C=O) groups is 3. The molecular formula is C17H18N4O4S. The molecule has 1 heterocycles. The molecule has 2 rings (SSSR count). The number of amides is 3. The van der Waals surface area contributed by atoms with E-state index in [0.29, 0.717) is 13.0 Å². The van der Waals surface area contributed by atoms with Crippen LogP contribution in [0.5, 0.6) is 5.75 Å². The lowest BCUT2D eigenvalue weighted by Crippen LogP contribution is -2.34. The average molecular weight is 374 g/mol. The molecular weight excluding hydrogens is 356 g/mol. The summed E-state index contributed by atoms with van der Waals surface area (Å²) in [6.45, 7) is 0.781. The number of nitriles is 1. The minimum atomic E-state index is -0.511. The maximum Gasteiger partial charge on any atom is 0.288 e. The van der Waals surface area contributed by atoms with Crippen molar-refractivity contribution in [3.63, 3.8) is 0 Å². The Morgan fingerprint density at radius 2 is 2.04 bits per heavy atom. The molecule has 0 radical (unpaired) electrons. The molecule has 1 aliphatic heterocycles. The van der Waals surface area contributed by atoms with Crippen LogP contribution in [0, 0.1) is 11.3 Å². The second-order valence-electron chi connectivity index (χ2n) is 5.40. The van der Waals surface area contributed by atoms with Gasteiger partial charge in [0.05, 0.1) is 5.75 Å². The first-order valence-electron chi connectivity index (χ1n) is 7.88. The minimum absolute atomic E-state index is 0.0934. The monoisotopic (exact) mass is 374 g/mol. The molecule has 1 aromatic carbocycles. The molecule has 1 fully saturated rings. The summed E-state index contributed by atoms with van der Waals surface area (Å²) in [5, 5.41) is 23.4. The second-order valence-corrected chi connectivity index (χ2v) is 6.32. The quantitative estimate of drug-likeness (QED) is 0.348. The topological polar surface area (TPSA) is 123 Å². The third-order valence-corrected chi connectivity index (χ3v) is 4.43. The van der Waals surface area contributed by atoms with Crippen LogP contribution in [0.1, 0.15) is 5.56 Å². The number of aromatic hydroxyl groups is 1. The van der Waals surface area contributed by atoms with Crippen molar-refractivity contribution in [3.8, 4) is 11.8 Å². The fraction of sp³-hybridized carbons (Fsp3) is 0.294. The van der Waals surface area contributed by atoms with Crippen molar-refractivity contribution in [1.82, 2.24) is 15.5 Å². The average Bonchev–Trinajstić information content (AvgIpc) is 2.95. The van der Waals surface area contributed by atoms with E-state index in [0.717, 1.165) is 22.2 Å². The Hall–Kier alpha value is -2.99. The highest BCUT2D eigenvalue weighted by Crippen LogP contribution is 2.17. The van der Waals surface area contributed by atoms with Gasteiger partial charge in [-0.1, -0.05) is 23.9 Å². The van der Waals surface area contributed by atoms with E-state index in [1.165, 1.54) is 6.20 Å². The predicted octanol–water partition coefficient (Wildman–Crippen LogP) is 0.743. The molecule has 26 heavy (non-hydrogen) atoms. The molecule has 0 unspecified atom stereocenters. The summed E-state index contributed by atoms with van der Waals surface area (Å²) >= 11 is 0.959. The van der Waals surface area contributed by atoms with E-state index in [-0.39, 0.29) is 41.3 Å². The van der Waals surface area contributed by atoms with Gasteiger partial charge in [-0.2, -0.15) is 5.26 Å². The predicted molar refractivity (Wildman–Crippen MR) is 96.1 cm³/mol. The van der Waals surface area contributed by atoms with Crippen molar-refractivity contribution >= 4 is 28.8 Å². The van der Waals surface area contributed by atoms with Gasteiger partial charge in [0.15, 0.2) is 0 Å². The standard InChI is InChI=1S/C17H18N4O4S/c18-9-13(10-19-7-8-21-15(23)11-26-17(21)25)16(24)20-6-5-12-1-3-14(22)4-2-12/h1-4,10,19,22H,5-8,11H2,(H,20,24)/b13-10-. The van der Waals surface area contributed by atoms with Crippen LogP contribution in [0.15, 0.2) is 36.0 Å². The van der Waals surface area contributed by atoms with Crippen molar-refractivity contribution in [2.75, 3.05) is 25.4 Å². The number of imide groups is 1. The van der Waals surface area contributed by atoms with Crippen molar-refractivity contribution < 1.29 is 19.5 Å². The van der Waals surface area contributed by atoms with Gasteiger partial charge in [-0.05, 0) is 24.1 Å². The van der Waals surface area contributed by atoms with E-state index < -0.39 is 5.91 Å². The lowest BCUT2D eigenvalue weighted by atomic mass is 10.1. The number of nitrogens with one attached hydrogen (secondary N) is 2. The number of benzene rings is 1. The second kappa shape index (κ2) is 9.48. The molecule has 1 saturated heterocycles. The van der Waals surface area contributed by atoms with Gasteiger partial charge in [0.25, 0.3) is 11.1 Å². The van der Waals surface area contributed by atoms with Crippen molar-refractivity contribution in [3.05, 3.63) is 41.6 Å². The first kappa shape index (κ1) is 19.3. The van der Waals surface area contributed by atoms with Crippen LogP contribution in [0.4, 0.5) is 4.79 Å². The molecule has 0 spiro atoms. The summed E-state index contributed by atoms with van der Waals surface area (Å²) in [6.07, 6.45) is 1.84. The molecule has 1 aromatic rings. The van der Waals surface area contributed by atoms with Crippen LogP contribution in [0.3, 0.4) is 0 Å². The fourth-order valence-corrected chi connectivity index (χ4v) is 2.93. The molecule has 1 aliphatic rings. The molecule has 8 nitrogen and oxygen atoms in total. The summed E-state index contributed by atoms with van der Waals surface area (Å²) in [6, 6.07) is 8.44. The molecule has 9 heteroatoms. The largest absolute Gasteiger partial charge is 0.508 e. The van der Waals surface area contributed by atoms with Crippen molar-refractivity contribution in [2.24, 2.45) is 0 Å². The highest BCUT2D eigenvalue weighted by molar-refractivity contribution is 8.14. The number of nitrogens with zero attached hydrogens (tertiary/aromatic N) is 2. The van der Waals surface area contributed by atoms with E-state index in [9.17, 15) is 19.5 Å². The summed E-state index contributed by atoms with van der Waals surface area (Å²) in [7, 11) is 0. The molecule has 0 bridgehead atoms. The van der Waals surface area contributed by atoms with Crippen LogP contribution in [0.25, 0.3) is 0 Å². The normalized spacial score (nSPS) is 14.3. The van der Waals surface area contributed by atoms with E-state index in [4.69, 9.17) is 5.26 Å². The van der Waals surface area contributed by atoms with Gasteiger partial charge >= 0.3 is 0 Å². The third-order valence-electron chi connectivity index (χ3n) is 3.57. The Morgan fingerprint density at radius 3 is 2.65 bits per heavy atom. The van der Waals surface area contributed by atoms with Crippen LogP contribution in [-0.4, -0.2) is 52.4 Å². The molecule has 0 saturated carbocycles. The molecule has 136 valence electrons. The summed E-state index contributed by atoms with van der Waals surface area (Å²) < 4.78 is 0. The third kappa shape index (κ3) is 5.53. The zero-order valence-corrected chi connectivity index (χ0v) is 14.7. The first-order chi connectivity index (χ1) is 12.5. The summed E-state index contributed by atoms with van der Waals surface area (Å²) in [4.78, 5) is 36.0. The van der Waals surface area contributed by atoms with Gasteiger partial charge in [0, 0.05) is 25.8 Å². The van der Waals surface area contributed by atoms with Crippen molar-refractivity contribution in [1.29, 1.82) is 5.26 Å². The lowest BCUT2D eigenvalue weighted by molar-refractivity contribution is -0.124. The smallest absolute Gasteiger partial charge is 0.288 e. The number of hydrogen-bond donors (Lipinski definition) is 3. The molecule has 0 aliphatic carbocycles. The Bertz CT molecular complexity index is 739. The SMILES string of the molecule is N#C/C(=C/NCCN1C(=O)CSC1=O)C(=O)NCCc1ccc(O)cc1. The molecule has 0 aromatic heterocycles. The van der Waals surface area contributed by atoms with Gasteiger partial charge < -0.3 is 15.7 Å². The number of phenols is 1. The number of hydrogen-bond acceptors (Lipinski definition) is 7. The van der Waals surface area contributed by atoms with Crippen LogP contribution < -0.4 is 10.6 Å². The van der Waals surface area contributed by atoms with Crippen LogP contribution in [0.2, 0.25) is 0 Å². The van der Waals surface area contributed by atoms with Crippen LogP contribution in [-0.2, 0) is 16.0 Å². The van der Waals surface area contributed by atoms with Gasteiger partial charge in [0.2, 0.25) is 5.91 Å². The Balaban J connectivity index is 1.73. The zero-order chi connectivity index (χ0) is 18.9. The first-order valence-corrected chi connectivity index (χ1v) is 8.86. The van der Waals surface area contributed by atoms with Gasteiger partial charge in [-0.3, -0.25) is 19.3 Å². The molecule has 3 amide bonds. The van der Waals surface area contributed by atoms with E-state index in [1.54, 1.807) is 30.3 Å². The number of rotatable bonds is 8. The zero-order valence-electron chi connectivity index (χ0n) is 13.9. The fourth-order valence-electron chi connectivity index (χ4n) is 2.17. The van der Waals surface area contributed by atoms with E-state index >= 15 is 0 Å². The number of phenolic OH excluding ortho intramolecular Hbond substituents is 1. The highest BCUT2D eigenvalue weighted by Gasteiger charge is 2.28. The van der Waals surface area contributed by atoms with Crippen molar-refractivity contribution in [2.45, 2.75) is 6.42 Å².